The van der Waals surface area contributed by atoms with Crippen molar-refractivity contribution in [3.63, 3.8) is 0 Å². The monoisotopic (exact) mass is 422 g/mol. The van der Waals surface area contributed by atoms with E-state index in [-0.39, 0.29) is 6.10 Å². The first kappa shape index (κ1) is 21.5. The van der Waals surface area contributed by atoms with E-state index >= 15 is 0 Å². The summed E-state index contributed by atoms with van der Waals surface area (Å²) in [4.78, 5) is 16.1. The van der Waals surface area contributed by atoms with Crippen LogP contribution in [0.15, 0.2) is 5.38 Å². The third-order valence-corrected chi connectivity index (χ3v) is 5.99. The number of aryl methyl sites for hydroxylation is 1. The van der Waals surface area contributed by atoms with Crippen molar-refractivity contribution >= 4 is 17.3 Å². The molecule has 1 N–H and O–H groups in total. The number of carbonyl (C=O) groups is 1. The van der Waals surface area contributed by atoms with E-state index in [1.54, 1.807) is 11.3 Å². The number of hydrogen-bond acceptors (Lipinski definition) is 6. The minimum Gasteiger partial charge on any atom is -0.475 e. The number of halogens is 3. The Morgan fingerprint density at radius 3 is 2.68 bits per heavy atom. The van der Waals surface area contributed by atoms with Gasteiger partial charge < -0.3 is 14.6 Å². The number of fused-ring (bicyclic) bond motifs is 1. The van der Waals surface area contributed by atoms with Gasteiger partial charge in [-0.2, -0.15) is 13.2 Å². The van der Waals surface area contributed by atoms with Gasteiger partial charge in [0.2, 0.25) is 0 Å². The zero-order valence-corrected chi connectivity index (χ0v) is 16.5. The summed E-state index contributed by atoms with van der Waals surface area (Å²) in [5, 5.41) is 10.5. The van der Waals surface area contributed by atoms with Crippen molar-refractivity contribution < 1.29 is 32.5 Å². The van der Waals surface area contributed by atoms with Crippen LogP contribution < -0.4 is 0 Å². The van der Waals surface area contributed by atoms with Crippen LogP contribution in [-0.4, -0.2) is 65.1 Å². The summed E-state index contributed by atoms with van der Waals surface area (Å²) in [5.74, 6) is -1.92. The minimum atomic E-state index is -5.08. The molecule has 2 aliphatic carbocycles. The van der Waals surface area contributed by atoms with E-state index in [0.29, 0.717) is 12.1 Å². The maximum absolute atomic E-state index is 10.6. The Kier molecular flexibility index (Phi) is 6.95. The molecule has 1 aliphatic heterocycles. The van der Waals surface area contributed by atoms with Crippen molar-refractivity contribution in [1.82, 2.24) is 9.88 Å². The lowest BCUT2D eigenvalue weighted by Crippen LogP contribution is -2.51. The van der Waals surface area contributed by atoms with Crippen molar-refractivity contribution in [3.05, 3.63) is 16.1 Å². The summed E-state index contributed by atoms with van der Waals surface area (Å²) >= 11 is 1.74. The van der Waals surface area contributed by atoms with Gasteiger partial charge in [0.15, 0.2) is 0 Å². The van der Waals surface area contributed by atoms with Gasteiger partial charge in [-0.1, -0.05) is 0 Å². The highest BCUT2D eigenvalue weighted by Crippen LogP contribution is 2.35. The number of thiazole rings is 1. The Balaban J connectivity index is 0.000000279. The Morgan fingerprint density at radius 1 is 1.39 bits per heavy atom. The maximum Gasteiger partial charge on any atom is 0.490 e. The van der Waals surface area contributed by atoms with Gasteiger partial charge in [-0.3, -0.25) is 4.90 Å². The van der Waals surface area contributed by atoms with Crippen molar-refractivity contribution in [3.8, 4) is 0 Å². The summed E-state index contributed by atoms with van der Waals surface area (Å²) < 4.78 is 43.9. The van der Waals surface area contributed by atoms with Crippen LogP contribution in [0.25, 0.3) is 0 Å². The van der Waals surface area contributed by atoms with Crippen molar-refractivity contribution in [1.29, 1.82) is 0 Å². The lowest BCUT2D eigenvalue weighted by molar-refractivity contribution is -0.192. The van der Waals surface area contributed by atoms with Crippen LogP contribution in [0.2, 0.25) is 0 Å². The number of alkyl halides is 3. The fourth-order valence-electron chi connectivity index (χ4n) is 3.60. The van der Waals surface area contributed by atoms with Gasteiger partial charge in [0.25, 0.3) is 0 Å². The summed E-state index contributed by atoms with van der Waals surface area (Å²) in [7, 11) is 0. The Hall–Kier alpha value is -1.23. The second-order valence-electron chi connectivity index (χ2n) is 7.43. The SMILES string of the molecule is Cc1nc(CN2CCO[C@H]3[C@H](OCC4CC4)CC[C@@H]32)cs1.O=C(O)C(F)(F)F. The molecule has 1 aromatic rings. The zero-order valence-electron chi connectivity index (χ0n) is 15.7. The number of hydrogen-bond donors (Lipinski definition) is 1. The van der Waals surface area contributed by atoms with Gasteiger partial charge in [0, 0.05) is 31.1 Å². The summed E-state index contributed by atoms with van der Waals surface area (Å²) in [6, 6.07) is 0.518. The lowest BCUT2D eigenvalue weighted by atomic mass is 10.1. The molecule has 4 rings (SSSR count). The third-order valence-electron chi connectivity index (χ3n) is 5.17. The number of carboxylic acids is 1. The largest absolute Gasteiger partial charge is 0.490 e. The van der Waals surface area contributed by atoms with Gasteiger partial charge in [-0.05, 0) is 38.5 Å². The van der Waals surface area contributed by atoms with Crippen LogP contribution in [0, 0.1) is 12.8 Å². The molecule has 3 atom stereocenters. The number of aliphatic carboxylic acids is 1. The molecule has 2 heterocycles. The molecule has 0 radical (unpaired) electrons. The van der Waals surface area contributed by atoms with E-state index in [9.17, 15) is 13.2 Å². The first-order valence-electron chi connectivity index (χ1n) is 9.42. The second kappa shape index (κ2) is 9.06. The topological polar surface area (TPSA) is 71.9 Å². The molecule has 3 fully saturated rings. The third kappa shape index (κ3) is 5.88. The Morgan fingerprint density at radius 2 is 2.11 bits per heavy atom. The normalized spacial score (nSPS) is 27.8. The standard InChI is InChI=1S/C16H24N2O2S.C2HF3O2/c1-11-17-13(10-21-11)8-18-6-7-19-16-14(18)4-5-15(16)20-9-12-2-3-12;3-2(4,5)1(6)7/h10,12,14-16H,2-9H2,1H3;(H,6,7)/t14-,15+,16+;/m0./s1. The van der Waals surface area contributed by atoms with Crippen LogP contribution in [-0.2, 0) is 20.8 Å². The highest BCUT2D eigenvalue weighted by Gasteiger charge is 2.44. The summed E-state index contributed by atoms with van der Waals surface area (Å²) in [6.07, 6.45) is 0.568. The number of ether oxygens (including phenoxy) is 2. The van der Waals surface area contributed by atoms with E-state index in [4.69, 9.17) is 19.4 Å². The molecular formula is C18H25F3N2O4S. The molecule has 0 bridgehead atoms. The van der Waals surface area contributed by atoms with Gasteiger partial charge in [-0.15, -0.1) is 11.3 Å². The first-order valence-corrected chi connectivity index (χ1v) is 10.3. The predicted octanol–water partition coefficient (Wildman–Crippen LogP) is 3.24. The number of morpholine rings is 1. The van der Waals surface area contributed by atoms with Crippen LogP contribution in [0.1, 0.15) is 36.4 Å². The predicted molar refractivity (Wildman–Crippen MR) is 96.2 cm³/mol. The minimum absolute atomic E-state index is 0.275. The van der Waals surface area contributed by atoms with E-state index in [1.807, 2.05) is 0 Å². The van der Waals surface area contributed by atoms with E-state index in [1.165, 1.54) is 25.0 Å². The van der Waals surface area contributed by atoms with Gasteiger partial charge >= 0.3 is 12.1 Å². The number of carboxylic acid groups (broad SMARTS) is 1. The highest BCUT2D eigenvalue weighted by molar-refractivity contribution is 7.09. The molecule has 0 aromatic carbocycles. The van der Waals surface area contributed by atoms with E-state index < -0.39 is 12.1 Å². The Labute approximate surface area is 165 Å². The van der Waals surface area contributed by atoms with Gasteiger partial charge in [0.1, 0.15) is 0 Å². The number of aromatic nitrogens is 1. The number of rotatable bonds is 5. The average Bonchev–Trinajstić information content (AvgIpc) is 3.22. The molecule has 28 heavy (non-hydrogen) atoms. The summed E-state index contributed by atoms with van der Waals surface area (Å²) in [5.41, 5.74) is 1.21. The van der Waals surface area contributed by atoms with Crippen LogP contribution >= 0.6 is 11.3 Å². The van der Waals surface area contributed by atoms with Gasteiger partial charge in [0.05, 0.1) is 29.5 Å². The molecule has 3 aliphatic rings. The molecule has 2 saturated carbocycles. The molecule has 10 heteroatoms. The van der Waals surface area contributed by atoms with Crippen LogP contribution in [0.5, 0.6) is 0 Å². The Bertz CT molecular complexity index is 666. The molecular weight excluding hydrogens is 397 g/mol. The van der Waals surface area contributed by atoms with Crippen LogP contribution in [0.3, 0.4) is 0 Å². The molecule has 6 nitrogen and oxygen atoms in total. The zero-order chi connectivity index (χ0) is 20.3. The molecule has 158 valence electrons. The van der Waals surface area contributed by atoms with Crippen molar-refractivity contribution in [2.75, 3.05) is 19.8 Å². The molecule has 0 spiro atoms. The first-order chi connectivity index (χ1) is 13.2. The van der Waals surface area contributed by atoms with Crippen LogP contribution in [0.4, 0.5) is 13.2 Å². The fourth-order valence-corrected chi connectivity index (χ4v) is 4.20. The van der Waals surface area contributed by atoms with E-state index in [2.05, 4.69) is 22.2 Å². The lowest BCUT2D eigenvalue weighted by Gasteiger charge is -2.38. The highest BCUT2D eigenvalue weighted by atomic mass is 32.1. The quantitative estimate of drug-likeness (QED) is 0.786. The molecule has 0 unspecified atom stereocenters. The summed E-state index contributed by atoms with van der Waals surface area (Å²) in [6.45, 7) is 5.83. The second-order valence-corrected chi connectivity index (χ2v) is 8.49. The fraction of sp³-hybridized carbons (Fsp3) is 0.778. The van der Waals surface area contributed by atoms with E-state index in [0.717, 1.165) is 43.6 Å². The van der Waals surface area contributed by atoms with Crippen molar-refractivity contribution in [2.24, 2.45) is 5.92 Å². The molecule has 1 aromatic heterocycles. The maximum atomic E-state index is 10.6. The van der Waals surface area contributed by atoms with Crippen molar-refractivity contribution in [2.45, 2.75) is 63.6 Å². The smallest absolute Gasteiger partial charge is 0.475 e. The molecule has 1 saturated heterocycles. The van der Waals surface area contributed by atoms with Gasteiger partial charge in [-0.25, -0.2) is 9.78 Å². The average molecular weight is 422 g/mol. The number of nitrogens with zero attached hydrogens (tertiary/aromatic N) is 2. The molecule has 0 amide bonds.